The first-order chi connectivity index (χ1) is 29.1. The number of nitrogens with zero attached hydrogens (tertiary/aromatic N) is 1. The predicted molar refractivity (Wildman–Crippen MR) is 247 cm³/mol. The van der Waals surface area contributed by atoms with Gasteiger partial charge in [-0.2, -0.15) is 0 Å². The molecule has 0 aromatic heterocycles. The van der Waals surface area contributed by atoms with Gasteiger partial charge < -0.3 is 4.90 Å². The molecule has 59 heavy (non-hydrogen) atoms. The average Bonchev–Trinajstić information content (AvgIpc) is 3.60. The van der Waals surface area contributed by atoms with E-state index in [1.165, 1.54) is 83.6 Å². The van der Waals surface area contributed by atoms with Gasteiger partial charge in [-0.25, -0.2) is 0 Å². The zero-order chi connectivity index (χ0) is 39.6. The van der Waals surface area contributed by atoms with E-state index in [-0.39, 0.29) is 5.41 Å². The van der Waals surface area contributed by atoms with Crippen molar-refractivity contribution in [3.8, 4) is 44.5 Å². The van der Waals surface area contributed by atoms with Crippen molar-refractivity contribution in [2.75, 3.05) is 4.90 Å². The van der Waals surface area contributed by atoms with Crippen LogP contribution in [0, 0.1) is 0 Å². The third-order valence-corrected chi connectivity index (χ3v) is 13.0. The Kier molecular flexibility index (Phi) is 8.13. The lowest BCUT2D eigenvalue weighted by Crippen LogP contribution is -2.41. The molecule has 0 aliphatic heterocycles. The van der Waals surface area contributed by atoms with Crippen LogP contribution < -0.4 is 4.90 Å². The number of anilines is 3. The number of rotatable bonds is 6. The van der Waals surface area contributed by atoms with Gasteiger partial charge >= 0.3 is 0 Å². The molecular formula is C58H43N. The predicted octanol–water partition coefficient (Wildman–Crippen LogP) is 15.2. The highest BCUT2D eigenvalue weighted by atomic mass is 15.1. The van der Waals surface area contributed by atoms with Gasteiger partial charge in [0, 0.05) is 16.7 Å². The van der Waals surface area contributed by atoms with E-state index < -0.39 is 5.41 Å². The molecule has 0 radical (unpaired) electrons. The van der Waals surface area contributed by atoms with E-state index >= 15 is 0 Å². The molecule has 0 bridgehead atoms. The van der Waals surface area contributed by atoms with Gasteiger partial charge in [-0.05, 0) is 96.6 Å². The van der Waals surface area contributed by atoms with Crippen LogP contribution in [0.25, 0.3) is 44.5 Å². The molecule has 9 aromatic carbocycles. The van der Waals surface area contributed by atoms with Gasteiger partial charge in [0.15, 0.2) is 0 Å². The third-order valence-electron chi connectivity index (χ3n) is 13.0. The van der Waals surface area contributed by atoms with Crippen molar-refractivity contribution in [2.24, 2.45) is 0 Å². The van der Waals surface area contributed by atoms with Crippen molar-refractivity contribution < 1.29 is 0 Å². The second-order valence-corrected chi connectivity index (χ2v) is 16.4. The second-order valence-electron chi connectivity index (χ2n) is 16.4. The Hall–Kier alpha value is -7.22. The lowest BCUT2D eigenvalue weighted by Gasteiger charge is -2.48. The first-order valence-electron chi connectivity index (χ1n) is 20.7. The highest BCUT2D eigenvalue weighted by Gasteiger charge is 2.54. The fraction of sp³-hybridized carbons (Fsp3) is 0.0690. The van der Waals surface area contributed by atoms with E-state index in [4.69, 9.17) is 0 Å². The molecule has 0 unspecified atom stereocenters. The van der Waals surface area contributed by atoms with Gasteiger partial charge in [0.05, 0.1) is 16.8 Å². The molecule has 0 N–H and O–H groups in total. The van der Waals surface area contributed by atoms with E-state index in [9.17, 15) is 0 Å². The van der Waals surface area contributed by atoms with E-state index in [0.717, 1.165) is 11.4 Å². The van der Waals surface area contributed by atoms with E-state index in [1.54, 1.807) is 0 Å². The van der Waals surface area contributed by atoms with Crippen LogP contribution in [-0.2, 0) is 10.8 Å². The Balaban J connectivity index is 1.22. The van der Waals surface area contributed by atoms with Crippen molar-refractivity contribution in [3.05, 3.63) is 258 Å². The topological polar surface area (TPSA) is 3.24 Å². The number of hydrogen-bond acceptors (Lipinski definition) is 1. The van der Waals surface area contributed by atoms with Gasteiger partial charge in [-0.15, -0.1) is 0 Å². The van der Waals surface area contributed by atoms with Crippen molar-refractivity contribution in [1.82, 2.24) is 0 Å². The maximum atomic E-state index is 2.54. The molecule has 11 rings (SSSR count). The van der Waals surface area contributed by atoms with Crippen LogP contribution in [-0.4, -0.2) is 0 Å². The molecule has 0 saturated carbocycles. The zero-order valence-electron chi connectivity index (χ0n) is 33.3. The van der Waals surface area contributed by atoms with Gasteiger partial charge in [0.2, 0.25) is 0 Å². The van der Waals surface area contributed by atoms with E-state index in [0.29, 0.717) is 0 Å². The summed E-state index contributed by atoms with van der Waals surface area (Å²) in [6, 6.07) is 83.0. The Morgan fingerprint density at radius 2 is 0.695 bits per heavy atom. The van der Waals surface area contributed by atoms with Crippen LogP contribution in [0.2, 0.25) is 0 Å². The average molecular weight is 754 g/mol. The molecule has 1 nitrogen and oxygen atoms in total. The summed E-state index contributed by atoms with van der Waals surface area (Å²) >= 11 is 0. The van der Waals surface area contributed by atoms with Crippen LogP contribution in [0.1, 0.15) is 47.2 Å². The summed E-state index contributed by atoms with van der Waals surface area (Å²) in [6.07, 6.45) is 0. The molecule has 2 aliphatic rings. The van der Waals surface area contributed by atoms with Crippen molar-refractivity contribution in [1.29, 1.82) is 0 Å². The molecule has 280 valence electrons. The Bertz CT molecular complexity index is 2970. The van der Waals surface area contributed by atoms with Gasteiger partial charge in [0.25, 0.3) is 0 Å². The van der Waals surface area contributed by atoms with Crippen LogP contribution >= 0.6 is 0 Å². The Morgan fingerprint density at radius 1 is 0.288 bits per heavy atom. The maximum Gasteiger partial charge on any atom is 0.0740 e. The highest BCUT2D eigenvalue weighted by molar-refractivity contribution is 5.95. The summed E-state index contributed by atoms with van der Waals surface area (Å²) in [5, 5.41) is 0. The summed E-state index contributed by atoms with van der Waals surface area (Å²) in [5.41, 5.74) is 20.5. The smallest absolute Gasteiger partial charge is 0.0740 e. The summed E-state index contributed by atoms with van der Waals surface area (Å²) in [6.45, 7) is 4.82. The van der Waals surface area contributed by atoms with Crippen molar-refractivity contribution in [3.63, 3.8) is 0 Å². The maximum absolute atomic E-state index is 2.54. The molecule has 0 atom stereocenters. The Morgan fingerprint density at radius 3 is 1.29 bits per heavy atom. The van der Waals surface area contributed by atoms with Crippen molar-refractivity contribution >= 4 is 17.1 Å². The van der Waals surface area contributed by atoms with Gasteiger partial charge in [0.1, 0.15) is 0 Å². The number of fused-ring (bicyclic) bond motifs is 9. The standard InChI is InChI=1S/C58H43N/c1-57(2)51-31-16-17-32-52(51)58(49-29-14-11-27-47(49)48-28-12-15-30-50(48)58)56-53(57)33-19-35-55(56)59(54-34-18-13-26-46(54)41-22-7-4-8-23-41)43-38-36-42(37-39-43)45-25-10-9-24-44(45)40-20-5-3-6-21-40/h3-39H,1-2H3. The first-order valence-corrected chi connectivity index (χ1v) is 20.7. The normalized spacial score (nSPS) is 13.9. The van der Waals surface area contributed by atoms with Crippen LogP contribution in [0.4, 0.5) is 17.1 Å². The van der Waals surface area contributed by atoms with Gasteiger partial charge in [-0.3, -0.25) is 0 Å². The molecule has 1 spiro atoms. The molecule has 0 fully saturated rings. The van der Waals surface area contributed by atoms with Crippen LogP contribution in [0.3, 0.4) is 0 Å². The van der Waals surface area contributed by atoms with Crippen LogP contribution in [0.15, 0.2) is 224 Å². The molecule has 2 aliphatic carbocycles. The first kappa shape index (κ1) is 35.0. The summed E-state index contributed by atoms with van der Waals surface area (Å²) in [7, 11) is 0. The second kappa shape index (κ2) is 13.7. The summed E-state index contributed by atoms with van der Waals surface area (Å²) in [5.74, 6) is 0. The quantitative estimate of drug-likeness (QED) is 0.163. The van der Waals surface area contributed by atoms with E-state index in [1.807, 2.05) is 0 Å². The number of hydrogen-bond donors (Lipinski definition) is 0. The molecular weight excluding hydrogens is 711 g/mol. The third kappa shape index (κ3) is 5.25. The zero-order valence-corrected chi connectivity index (χ0v) is 33.3. The van der Waals surface area contributed by atoms with Crippen molar-refractivity contribution in [2.45, 2.75) is 24.7 Å². The monoisotopic (exact) mass is 753 g/mol. The van der Waals surface area contributed by atoms with E-state index in [2.05, 4.69) is 243 Å². The largest absolute Gasteiger partial charge is 0.310 e. The Labute approximate surface area is 347 Å². The fourth-order valence-corrected chi connectivity index (χ4v) is 10.4. The SMILES string of the molecule is CC1(C)c2ccccc2C2(c3ccccc3-c3ccccc32)c2c(N(c3ccc(-c4ccccc4-c4ccccc4)cc3)c3ccccc3-c3ccccc3)cccc21. The minimum absolute atomic E-state index is 0.269. The number of benzene rings is 9. The fourth-order valence-electron chi connectivity index (χ4n) is 10.4. The molecule has 0 saturated heterocycles. The molecule has 0 heterocycles. The molecule has 0 amide bonds. The minimum atomic E-state index is -0.556. The lowest BCUT2D eigenvalue weighted by atomic mass is 9.55. The minimum Gasteiger partial charge on any atom is -0.310 e. The molecule has 9 aromatic rings. The van der Waals surface area contributed by atoms with Gasteiger partial charge in [-0.1, -0.05) is 214 Å². The van der Waals surface area contributed by atoms with Crippen LogP contribution in [0.5, 0.6) is 0 Å². The number of para-hydroxylation sites is 1. The summed E-state index contributed by atoms with van der Waals surface area (Å²) in [4.78, 5) is 2.54. The highest BCUT2D eigenvalue weighted by Crippen LogP contribution is 2.64. The summed E-state index contributed by atoms with van der Waals surface area (Å²) < 4.78 is 0. The molecule has 1 heteroatoms. The lowest BCUT2D eigenvalue weighted by molar-refractivity contribution is 0.564.